The van der Waals surface area contributed by atoms with E-state index < -0.39 is 0 Å². The molecule has 1 fully saturated rings. The Labute approximate surface area is 265 Å². The zero-order valence-electron chi connectivity index (χ0n) is 26.9. The Morgan fingerprint density at radius 3 is 2.56 bits per heavy atom. The number of likely N-dealkylation sites (N-methyl/N-ethyl adjacent to an activating group) is 1. The van der Waals surface area contributed by atoms with Crippen molar-refractivity contribution >= 4 is 28.3 Å². The second-order valence-electron chi connectivity index (χ2n) is 12.9. The van der Waals surface area contributed by atoms with Crippen LogP contribution in [0.2, 0.25) is 5.02 Å². The minimum absolute atomic E-state index is 0.247. The molecule has 3 aromatic rings. The molecule has 0 saturated carbocycles. The molecule has 5 nitrogen and oxygen atoms in total. The Morgan fingerprint density at radius 2 is 1.81 bits per heavy atom. The van der Waals surface area contributed by atoms with E-state index in [0.717, 1.165) is 81.8 Å². The van der Waals surface area contributed by atoms with E-state index in [4.69, 9.17) is 17.3 Å². The molecule has 4 rings (SSSR count). The molecule has 1 heterocycles. The fourth-order valence-corrected chi connectivity index (χ4v) is 6.89. The predicted octanol–water partition coefficient (Wildman–Crippen LogP) is 6.97. The van der Waals surface area contributed by atoms with Crippen molar-refractivity contribution in [2.45, 2.75) is 77.8 Å². The normalized spacial score (nSPS) is 18.4. The lowest BCUT2D eigenvalue weighted by Crippen LogP contribution is -2.60. The Morgan fingerprint density at radius 1 is 1.02 bits per heavy atom. The van der Waals surface area contributed by atoms with Gasteiger partial charge in [0.1, 0.15) is 0 Å². The average molecular weight is 605 g/mol. The number of halogens is 1. The number of hydrogen-bond acceptors (Lipinski definition) is 4. The smallest absolute Gasteiger partial charge is 0.227 e. The van der Waals surface area contributed by atoms with E-state index in [1.54, 1.807) is 0 Å². The number of fused-ring (bicyclic) bond motifs is 1. The number of carbonyl (C=O) groups excluding carboxylic acids is 1. The largest absolute Gasteiger partial charge is 0.337 e. The highest BCUT2D eigenvalue weighted by molar-refractivity contribution is 6.30. The van der Waals surface area contributed by atoms with Crippen LogP contribution in [0.1, 0.15) is 62.6 Å². The molecule has 0 radical (unpaired) electrons. The van der Waals surface area contributed by atoms with Crippen molar-refractivity contribution in [1.82, 2.24) is 14.7 Å². The molecule has 0 spiro atoms. The van der Waals surface area contributed by atoms with Crippen LogP contribution in [-0.2, 0) is 17.6 Å². The monoisotopic (exact) mass is 604 g/mol. The number of benzene rings is 3. The van der Waals surface area contributed by atoms with Crippen molar-refractivity contribution in [1.29, 1.82) is 0 Å². The van der Waals surface area contributed by atoms with Crippen molar-refractivity contribution in [3.8, 4) is 0 Å². The third-order valence-electron chi connectivity index (χ3n) is 9.45. The van der Waals surface area contributed by atoms with Gasteiger partial charge in [0.15, 0.2) is 0 Å². The van der Waals surface area contributed by atoms with Crippen molar-refractivity contribution in [3.63, 3.8) is 0 Å². The standard InChI is InChI=1S/C37H53ClN4O/c1-5-28(2)22-36-26-41(20-8-12-31-16-17-34(38)23-29(31)3)35(13-9-19-40(4)21-18-39)27-42(36)37(43)25-30-14-15-32-10-6-7-11-33(32)24-30/h6-7,10-11,14-17,23-24,28,35-36H,5,8-9,12-13,18-22,25-27,39H2,1-4H3/t28?,35?,36-/m1/s1. The molecule has 1 saturated heterocycles. The Hall–Kier alpha value is -2.44. The number of nitrogens with two attached hydrogens (primary N) is 1. The van der Waals surface area contributed by atoms with Crippen LogP contribution in [0.3, 0.4) is 0 Å². The van der Waals surface area contributed by atoms with E-state index in [1.165, 1.54) is 21.9 Å². The molecule has 43 heavy (non-hydrogen) atoms. The van der Waals surface area contributed by atoms with Gasteiger partial charge in [-0.05, 0) is 105 Å². The lowest BCUT2D eigenvalue weighted by molar-refractivity contribution is -0.138. The summed E-state index contributed by atoms with van der Waals surface area (Å²) in [5, 5.41) is 3.22. The maximum atomic E-state index is 14.0. The van der Waals surface area contributed by atoms with Crippen molar-refractivity contribution < 1.29 is 4.79 Å². The summed E-state index contributed by atoms with van der Waals surface area (Å²) in [5.74, 6) is 0.853. The maximum absolute atomic E-state index is 14.0. The molecule has 0 aliphatic carbocycles. The number of piperazine rings is 1. The van der Waals surface area contributed by atoms with Gasteiger partial charge < -0.3 is 15.5 Å². The van der Waals surface area contributed by atoms with Gasteiger partial charge in [-0.15, -0.1) is 0 Å². The molecular formula is C37H53ClN4O. The third-order valence-corrected chi connectivity index (χ3v) is 9.69. The fourth-order valence-electron chi connectivity index (χ4n) is 6.66. The number of nitrogens with zero attached hydrogens (tertiary/aromatic N) is 3. The Balaban J connectivity index is 1.50. The first-order chi connectivity index (χ1) is 20.8. The Kier molecular flexibility index (Phi) is 12.9. The first kappa shape index (κ1) is 33.5. The molecule has 234 valence electrons. The van der Waals surface area contributed by atoms with Gasteiger partial charge >= 0.3 is 0 Å². The van der Waals surface area contributed by atoms with Gasteiger partial charge in [-0.2, -0.15) is 0 Å². The summed E-state index contributed by atoms with van der Waals surface area (Å²) in [7, 11) is 2.15. The molecule has 2 unspecified atom stereocenters. The summed E-state index contributed by atoms with van der Waals surface area (Å²) < 4.78 is 0. The van der Waals surface area contributed by atoms with Gasteiger partial charge in [-0.3, -0.25) is 9.69 Å². The minimum atomic E-state index is 0.247. The predicted molar refractivity (Wildman–Crippen MR) is 183 cm³/mol. The van der Waals surface area contributed by atoms with E-state index >= 15 is 0 Å². The van der Waals surface area contributed by atoms with Crippen LogP contribution in [0.25, 0.3) is 10.8 Å². The molecule has 1 aliphatic heterocycles. The number of rotatable bonds is 15. The highest BCUT2D eigenvalue weighted by Gasteiger charge is 2.36. The molecule has 1 amide bonds. The molecule has 0 aromatic heterocycles. The quantitative estimate of drug-likeness (QED) is 0.204. The number of carbonyl (C=O) groups is 1. The summed E-state index contributed by atoms with van der Waals surface area (Å²) in [4.78, 5) is 21.3. The van der Waals surface area contributed by atoms with Gasteiger partial charge in [-0.25, -0.2) is 0 Å². The van der Waals surface area contributed by atoms with Crippen LogP contribution in [-0.4, -0.2) is 79.0 Å². The topological polar surface area (TPSA) is 52.8 Å². The van der Waals surface area contributed by atoms with Crippen molar-refractivity contribution in [2.24, 2.45) is 11.7 Å². The summed E-state index contributed by atoms with van der Waals surface area (Å²) in [6.07, 6.45) is 7.00. The molecule has 3 atom stereocenters. The number of hydrogen-bond donors (Lipinski definition) is 1. The van der Waals surface area contributed by atoms with Crippen LogP contribution >= 0.6 is 11.6 Å². The van der Waals surface area contributed by atoms with Crippen molar-refractivity contribution in [3.05, 3.63) is 82.4 Å². The highest BCUT2D eigenvalue weighted by Crippen LogP contribution is 2.27. The van der Waals surface area contributed by atoms with E-state index in [-0.39, 0.29) is 11.9 Å². The molecular weight excluding hydrogens is 552 g/mol. The summed E-state index contributed by atoms with van der Waals surface area (Å²) in [5.41, 5.74) is 9.55. The zero-order chi connectivity index (χ0) is 30.8. The van der Waals surface area contributed by atoms with Crippen LogP contribution in [0, 0.1) is 12.8 Å². The molecule has 3 aromatic carbocycles. The third kappa shape index (κ3) is 9.78. The molecule has 0 bridgehead atoms. The first-order valence-electron chi connectivity index (χ1n) is 16.4. The molecule has 1 aliphatic rings. The Bertz CT molecular complexity index is 1310. The van der Waals surface area contributed by atoms with Gasteiger partial charge in [0.2, 0.25) is 5.91 Å². The zero-order valence-corrected chi connectivity index (χ0v) is 27.7. The summed E-state index contributed by atoms with van der Waals surface area (Å²) in [6, 6.07) is 21.7. The van der Waals surface area contributed by atoms with Gasteiger partial charge in [0, 0.05) is 43.3 Å². The second kappa shape index (κ2) is 16.6. The lowest BCUT2D eigenvalue weighted by atomic mass is 9.92. The second-order valence-corrected chi connectivity index (χ2v) is 13.3. The van der Waals surface area contributed by atoms with Gasteiger partial charge in [-0.1, -0.05) is 80.4 Å². The van der Waals surface area contributed by atoms with Crippen LogP contribution in [0.5, 0.6) is 0 Å². The van der Waals surface area contributed by atoms with Crippen LogP contribution in [0.15, 0.2) is 60.7 Å². The first-order valence-corrected chi connectivity index (χ1v) is 16.8. The van der Waals surface area contributed by atoms with E-state index in [0.29, 0.717) is 24.9 Å². The maximum Gasteiger partial charge on any atom is 0.227 e. The van der Waals surface area contributed by atoms with Crippen LogP contribution < -0.4 is 5.73 Å². The van der Waals surface area contributed by atoms with Gasteiger partial charge in [0.05, 0.1) is 6.42 Å². The van der Waals surface area contributed by atoms with E-state index in [2.05, 4.69) is 97.1 Å². The summed E-state index contributed by atoms with van der Waals surface area (Å²) >= 11 is 6.22. The number of aryl methyl sites for hydroxylation is 2. The SMILES string of the molecule is CCC(C)C[C@@H]1CN(CCCc2ccc(Cl)cc2C)C(CCCN(C)CCN)CN1C(=O)Cc1ccc2ccccc2c1. The molecule has 2 N–H and O–H groups in total. The minimum Gasteiger partial charge on any atom is -0.337 e. The van der Waals surface area contributed by atoms with Crippen LogP contribution in [0.4, 0.5) is 0 Å². The van der Waals surface area contributed by atoms with E-state index in [9.17, 15) is 4.79 Å². The molecule has 6 heteroatoms. The lowest BCUT2D eigenvalue weighted by Gasteiger charge is -2.47. The summed E-state index contributed by atoms with van der Waals surface area (Å²) in [6.45, 7) is 12.2. The van der Waals surface area contributed by atoms with Crippen molar-refractivity contribution in [2.75, 3.05) is 46.3 Å². The number of amides is 1. The van der Waals surface area contributed by atoms with E-state index in [1.807, 2.05) is 6.07 Å². The average Bonchev–Trinajstić information content (AvgIpc) is 2.99. The highest BCUT2D eigenvalue weighted by atomic mass is 35.5. The fraction of sp³-hybridized carbons (Fsp3) is 0.541. The van der Waals surface area contributed by atoms with Gasteiger partial charge in [0.25, 0.3) is 0 Å².